The highest BCUT2D eigenvalue weighted by Crippen LogP contribution is 2.18. The van der Waals surface area contributed by atoms with Gasteiger partial charge >= 0.3 is 0 Å². The topological polar surface area (TPSA) is 68.9 Å². The molecule has 6 heteroatoms. The summed E-state index contributed by atoms with van der Waals surface area (Å²) >= 11 is 0. The van der Waals surface area contributed by atoms with Crippen molar-refractivity contribution in [1.29, 1.82) is 0 Å². The summed E-state index contributed by atoms with van der Waals surface area (Å²) in [5.41, 5.74) is 1.02. The molecule has 0 aromatic carbocycles. The Kier molecular flexibility index (Phi) is 5.03. The van der Waals surface area contributed by atoms with Crippen LogP contribution in [0.25, 0.3) is 0 Å². The van der Waals surface area contributed by atoms with E-state index >= 15 is 0 Å². The molecule has 1 atom stereocenters. The van der Waals surface area contributed by atoms with Crippen LogP contribution >= 0.6 is 0 Å². The Bertz CT molecular complexity index is 546. The Morgan fingerprint density at radius 2 is 1.90 bits per heavy atom. The molecule has 1 aromatic heterocycles. The maximum Gasteiger partial charge on any atom is 0.223 e. The van der Waals surface area contributed by atoms with Gasteiger partial charge in [-0.3, -0.25) is 9.69 Å². The van der Waals surface area contributed by atoms with Gasteiger partial charge in [-0.15, -0.1) is 0 Å². The van der Waals surface area contributed by atoms with Gasteiger partial charge in [0.05, 0.1) is 11.8 Å². The molecular weight excluding hydrogens is 270 g/mol. The maximum absolute atomic E-state index is 11.8. The van der Waals surface area contributed by atoms with Crippen LogP contribution in [0.5, 0.6) is 5.75 Å². The van der Waals surface area contributed by atoms with Crippen molar-refractivity contribution in [2.75, 3.05) is 33.2 Å². The lowest BCUT2D eigenvalue weighted by Crippen LogP contribution is -2.44. The highest BCUT2D eigenvalue weighted by molar-refractivity contribution is 5.30. The third-order valence-corrected chi connectivity index (χ3v) is 4.01. The first-order valence-corrected chi connectivity index (χ1v) is 7.39. The number of aromatic nitrogens is 1. The quantitative estimate of drug-likeness (QED) is 0.818. The molecule has 1 fully saturated rings. The minimum atomic E-state index is -0.531. The van der Waals surface area contributed by atoms with Crippen LogP contribution < -0.4 is 5.43 Å². The number of hydrogen-bond acceptors (Lipinski definition) is 5. The molecule has 0 amide bonds. The Morgan fingerprint density at radius 3 is 2.48 bits per heavy atom. The van der Waals surface area contributed by atoms with E-state index in [1.54, 1.807) is 6.92 Å². The van der Waals surface area contributed by atoms with Crippen molar-refractivity contribution in [1.82, 2.24) is 14.4 Å². The zero-order valence-corrected chi connectivity index (χ0v) is 13.0. The van der Waals surface area contributed by atoms with Crippen molar-refractivity contribution >= 4 is 0 Å². The number of rotatable bonds is 4. The van der Waals surface area contributed by atoms with Gasteiger partial charge in [-0.2, -0.15) is 0 Å². The van der Waals surface area contributed by atoms with E-state index in [9.17, 15) is 15.0 Å². The Morgan fingerprint density at radius 1 is 1.29 bits per heavy atom. The first-order valence-electron chi connectivity index (χ1n) is 7.39. The van der Waals surface area contributed by atoms with Gasteiger partial charge in [0.15, 0.2) is 5.75 Å². The Labute approximate surface area is 125 Å². The summed E-state index contributed by atoms with van der Waals surface area (Å²) in [6.07, 6.45) is -0.531. The fourth-order valence-corrected chi connectivity index (χ4v) is 2.72. The number of aromatic hydroxyl groups is 1. The van der Waals surface area contributed by atoms with Gasteiger partial charge in [-0.1, -0.05) is 0 Å². The monoisotopic (exact) mass is 295 g/mol. The van der Waals surface area contributed by atoms with E-state index in [4.69, 9.17) is 0 Å². The first kappa shape index (κ1) is 16.0. The summed E-state index contributed by atoms with van der Waals surface area (Å²) in [6, 6.07) is 1.42. The predicted molar refractivity (Wildman–Crippen MR) is 81.6 cm³/mol. The normalized spacial score (nSPS) is 18.9. The number of likely N-dealkylation sites (N-methyl/N-ethyl adjacent to an activating group) is 1. The minimum Gasteiger partial charge on any atom is -0.503 e. The fraction of sp³-hybridized carbons (Fsp3) is 0.667. The van der Waals surface area contributed by atoms with Gasteiger partial charge < -0.3 is 19.7 Å². The maximum atomic E-state index is 11.8. The summed E-state index contributed by atoms with van der Waals surface area (Å²) in [5.74, 6) is -0.194. The molecule has 1 aromatic rings. The van der Waals surface area contributed by atoms with Gasteiger partial charge in [0, 0.05) is 51.0 Å². The van der Waals surface area contributed by atoms with Crippen LogP contribution in [0.1, 0.15) is 18.3 Å². The molecule has 1 aliphatic heterocycles. The number of hydrogen-bond donors (Lipinski definition) is 2. The predicted octanol–water partition coefficient (Wildman–Crippen LogP) is -0.00948. The Balaban J connectivity index is 2.29. The lowest BCUT2D eigenvalue weighted by molar-refractivity contribution is 0.138. The summed E-state index contributed by atoms with van der Waals surface area (Å²) in [5, 5.41) is 19.8. The molecule has 0 bridgehead atoms. The van der Waals surface area contributed by atoms with Crippen molar-refractivity contribution < 1.29 is 10.2 Å². The average Bonchev–Trinajstić information content (AvgIpc) is 2.42. The molecule has 1 unspecified atom stereocenters. The lowest BCUT2D eigenvalue weighted by atomic mass is 10.2. The molecule has 6 nitrogen and oxygen atoms in total. The van der Waals surface area contributed by atoms with Crippen molar-refractivity contribution in [2.24, 2.45) is 0 Å². The highest BCUT2D eigenvalue weighted by atomic mass is 16.3. The molecule has 0 aliphatic carbocycles. The second-order valence-corrected chi connectivity index (χ2v) is 5.98. The summed E-state index contributed by atoms with van der Waals surface area (Å²) in [7, 11) is 2.09. The lowest BCUT2D eigenvalue weighted by Gasteiger charge is -2.33. The number of nitrogens with zero attached hydrogens (tertiary/aromatic N) is 3. The van der Waals surface area contributed by atoms with E-state index in [1.165, 1.54) is 6.07 Å². The second kappa shape index (κ2) is 6.60. The molecule has 118 valence electrons. The highest BCUT2D eigenvalue weighted by Gasteiger charge is 2.20. The van der Waals surface area contributed by atoms with E-state index in [1.807, 2.05) is 11.5 Å². The summed E-state index contributed by atoms with van der Waals surface area (Å²) in [4.78, 5) is 16.3. The first-order chi connectivity index (χ1) is 9.88. The average molecular weight is 295 g/mol. The summed E-state index contributed by atoms with van der Waals surface area (Å²) < 4.78 is 1.85. The molecule has 2 N–H and O–H groups in total. The zero-order chi connectivity index (χ0) is 15.6. The number of pyridine rings is 1. The number of aliphatic hydroxyl groups excluding tert-OH is 1. The van der Waals surface area contributed by atoms with Crippen molar-refractivity contribution in [3.63, 3.8) is 0 Å². The van der Waals surface area contributed by atoms with Crippen LogP contribution in [0.2, 0.25) is 0 Å². The molecule has 0 radical (unpaired) electrons. The van der Waals surface area contributed by atoms with Crippen LogP contribution in [0.3, 0.4) is 0 Å². The molecule has 0 spiro atoms. The second-order valence-electron chi connectivity index (χ2n) is 5.98. The molecule has 0 saturated carbocycles. The Hall–Kier alpha value is -1.37. The van der Waals surface area contributed by atoms with Gasteiger partial charge in [0.25, 0.3) is 0 Å². The van der Waals surface area contributed by atoms with Crippen LogP contribution in [0, 0.1) is 6.92 Å². The van der Waals surface area contributed by atoms with Crippen LogP contribution in [-0.2, 0) is 13.1 Å². The standard InChI is InChI=1S/C15H25N3O3/c1-11-8-14(20)15(21)13(18(11)9-12(2)19)10-17-6-4-16(3)5-7-17/h8,12,19,21H,4-7,9-10H2,1-3H3. The molecule has 21 heavy (non-hydrogen) atoms. The van der Waals surface area contributed by atoms with Crippen molar-refractivity contribution in [3.05, 3.63) is 27.7 Å². The number of aryl methyl sites for hydroxylation is 1. The van der Waals surface area contributed by atoms with Gasteiger partial charge in [0.1, 0.15) is 0 Å². The molecule has 1 saturated heterocycles. The van der Waals surface area contributed by atoms with Crippen LogP contribution in [0.4, 0.5) is 0 Å². The van der Waals surface area contributed by atoms with E-state index in [0.717, 1.165) is 31.9 Å². The smallest absolute Gasteiger partial charge is 0.223 e. The van der Waals surface area contributed by atoms with E-state index in [0.29, 0.717) is 18.8 Å². The number of aliphatic hydroxyl groups is 1. The molecule has 1 aliphatic rings. The van der Waals surface area contributed by atoms with Gasteiger partial charge in [-0.05, 0) is 20.9 Å². The SMILES string of the molecule is Cc1cc(=O)c(O)c(CN2CCN(C)CC2)n1CC(C)O. The van der Waals surface area contributed by atoms with E-state index < -0.39 is 6.10 Å². The third kappa shape index (κ3) is 3.84. The third-order valence-electron chi connectivity index (χ3n) is 4.01. The minimum absolute atomic E-state index is 0.194. The van der Waals surface area contributed by atoms with Crippen molar-refractivity contribution in [2.45, 2.75) is 33.0 Å². The largest absolute Gasteiger partial charge is 0.503 e. The number of piperazine rings is 1. The van der Waals surface area contributed by atoms with Gasteiger partial charge in [0.2, 0.25) is 5.43 Å². The van der Waals surface area contributed by atoms with Crippen LogP contribution in [-0.4, -0.2) is 63.9 Å². The van der Waals surface area contributed by atoms with Crippen molar-refractivity contribution in [3.8, 4) is 5.75 Å². The molecule has 2 rings (SSSR count). The van der Waals surface area contributed by atoms with Crippen LogP contribution in [0.15, 0.2) is 10.9 Å². The molecular formula is C15H25N3O3. The fourth-order valence-electron chi connectivity index (χ4n) is 2.72. The van der Waals surface area contributed by atoms with E-state index in [2.05, 4.69) is 16.8 Å². The zero-order valence-electron chi connectivity index (χ0n) is 13.0. The van der Waals surface area contributed by atoms with Gasteiger partial charge in [-0.25, -0.2) is 0 Å². The summed E-state index contributed by atoms with van der Waals surface area (Å²) in [6.45, 7) is 8.22. The van der Waals surface area contributed by atoms with E-state index in [-0.39, 0.29) is 11.2 Å². The molecule has 2 heterocycles.